The zero-order valence-corrected chi connectivity index (χ0v) is 11.7. The molecule has 0 spiro atoms. The number of hydrogen-bond acceptors (Lipinski definition) is 2. The van der Waals surface area contributed by atoms with Gasteiger partial charge in [-0.05, 0) is 56.9 Å². The minimum atomic E-state index is 0.217. The fourth-order valence-electron chi connectivity index (χ4n) is 3.07. The van der Waals surface area contributed by atoms with Crippen molar-refractivity contribution in [2.45, 2.75) is 45.7 Å². The van der Waals surface area contributed by atoms with E-state index < -0.39 is 0 Å². The van der Waals surface area contributed by atoms with E-state index in [0.717, 1.165) is 30.8 Å². The van der Waals surface area contributed by atoms with Crippen LogP contribution in [0.5, 0.6) is 0 Å². The molecule has 1 atom stereocenters. The first-order chi connectivity index (χ1) is 9.15. The van der Waals surface area contributed by atoms with E-state index in [0.29, 0.717) is 0 Å². The van der Waals surface area contributed by atoms with Gasteiger partial charge in [-0.1, -0.05) is 6.07 Å². The van der Waals surface area contributed by atoms with Gasteiger partial charge in [0.15, 0.2) is 0 Å². The first-order valence-corrected chi connectivity index (χ1v) is 7.02. The van der Waals surface area contributed by atoms with Crippen LogP contribution in [0.25, 0.3) is 0 Å². The van der Waals surface area contributed by atoms with E-state index in [-0.39, 0.29) is 6.04 Å². The van der Waals surface area contributed by atoms with Gasteiger partial charge >= 0.3 is 0 Å². The summed E-state index contributed by atoms with van der Waals surface area (Å²) < 4.78 is 2.39. The van der Waals surface area contributed by atoms with Gasteiger partial charge in [-0.2, -0.15) is 0 Å². The Hall–Kier alpha value is -1.61. The predicted molar refractivity (Wildman–Crippen MR) is 77.1 cm³/mol. The van der Waals surface area contributed by atoms with Crippen molar-refractivity contribution in [3.8, 4) is 0 Å². The minimum Gasteiger partial charge on any atom is -0.343 e. The Bertz CT molecular complexity index is 598. The summed E-state index contributed by atoms with van der Waals surface area (Å²) in [6.07, 6.45) is 3.45. The smallest absolute Gasteiger partial charge is 0.0648 e. The standard InChI is InChI=1S/C16H21N3/c1-11-5-3-6-13(18-11)10-19-12(2)9-14-15(17)7-4-8-16(14)19/h3,5-6,9,15H,4,7-8,10,17H2,1-2H3. The average molecular weight is 255 g/mol. The lowest BCUT2D eigenvalue weighted by atomic mass is 9.93. The molecule has 1 unspecified atom stereocenters. The second-order valence-electron chi connectivity index (χ2n) is 5.54. The van der Waals surface area contributed by atoms with E-state index in [1.165, 1.54) is 23.4 Å². The second kappa shape index (κ2) is 4.82. The summed E-state index contributed by atoms with van der Waals surface area (Å²) in [5.41, 5.74) is 12.5. The lowest BCUT2D eigenvalue weighted by Crippen LogP contribution is -2.18. The Balaban J connectivity index is 1.97. The van der Waals surface area contributed by atoms with E-state index in [9.17, 15) is 0 Å². The molecule has 3 heteroatoms. The van der Waals surface area contributed by atoms with Crippen LogP contribution < -0.4 is 5.73 Å². The molecule has 0 amide bonds. The summed E-state index contributed by atoms with van der Waals surface area (Å²) in [4.78, 5) is 4.61. The first-order valence-electron chi connectivity index (χ1n) is 7.02. The summed E-state index contributed by atoms with van der Waals surface area (Å²) in [5, 5.41) is 0. The largest absolute Gasteiger partial charge is 0.343 e. The molecule has 0 aliphatic heterocycles. The molecule has 3 rings (SSSR count). The van der Waals surface area contributed by atoms with E-state index in [1.807, 2.05) is 13.0 Å². The molecule has 1 aliphatic carbocycles. The highest BCUT2D eigenvalue weighted by Crippen LogP contribution is 2.31. The molecular formula is C16H21N3. The molecule has 3 nitrogen and oxygen atoms in total. The van der Waals surface area contributed by atoms with Gasteiger partial charge in [0.05, 0.1) is 12.2 Å². The predicted octanol–water partition coefficient (Wildman–Crippen LogP) is 2.88. The van der Waals surface area contributed by atoms with E-state index in [1.54, 1.807) is 0 Å². The van der Waals surface area contributed by atoms with Crippen molar-refractivity contribution in [2.24, 2.45) is 5.73 Å². The zero-order chi connectivity index (χ0) is 13.4. The van der Waals surface area contributed by atoms with Crippen LogP contribution in [0.1, 0.15) is 47.2 Å². The fourth-order valence-corrected chi connectivity index (χ4v) is 3.07. The van der Waals surface area contributed by atoms with E-state index >= 15 is 0 Å². The van der Waals surface area contributed by atoms with Gasteiger partial charge in [0.25, 0.3) is 0 Å². The first kappa shape index (κ1) is 12.4. The van der Waals surface area contributed by atoms with Gasteiger partial charge in [-0.15, -0.1) is 0 Å². The SMILES string of the molecule is Cc1cccc(Cn2c(C)cc3c2CCCC3N)n1. The highest BCUT2D eigenvalue weighted by Gasteiger charge is 2.22. The highest BCUT2D eigenvalue weighted by atomic mass is 15.0. The molecule has 2 aromatic rings. The summed E-state index contributed by atoms with van der Waals surface area (Å²) >= 11 is 0. The Morgan fingerprint density at radius 1 is 1.37 bits per heavy atom. The topological polar surface area (TPSA) is 43.8 Å². The molecule has 0 saturated heterocycles. The maximum Gasteiger partial charge on any atom is 0.0648 e. The summed E-state index contributed by atoms with van der Waals surface area (Å²) in [6, 6.07) is 8.69. The van der Waals surface area contributed by atoms with E-state index in [4.69, 9.17) is 5.73 Å². The number of aryl methyl sites for hydroxylation is 2. The van der Waals surface area contributed by atoms with Crippen molar-refractivity contribution in [2.75, 3.05) is 0 Å². The van der Waals surface area contributed by atoms with Gasteiger partial charge in [0.1, 0.15) is 0 Å². The average Bonchev–Trinajstić information content (AvgIpc) is 2.69. The molecule has 2 heterocycles. The van der Waals surface area contributed by atoms with Crippen LogP contribution in [0.4, 0.5) is 0 Å². The van der Waals surface area contributed by atoms with Crippen molar-refractivity contribution in [3.63, 3.8) is 0 Å². The van der Waals surface area contributed by atoms with Crippen molar-refractivity contribution in [1.29, 1.82) is 0 Å². The highest BCUT2D eigenvalue weighted by molar-refractivity contribution is 5.33. The molecule has 0 fully saturated rings. The second-order valence-corrected chi connectivity index (χ2v) is 5.54. The van der Waals surface area contributed by atoms with Crippen LogP contribution in [-0.4, -0.2) is 9.55 Å². The summed E-state index contributed by atoms with van der Waals surface area (Å²) in [7, 11) is 0. The van der Waals surface area contributed by atoms with Crippen molar-refractivity contribution >= 4 is 0 Å². The monoisotopic (exact) mass is 255 g/mol. The number of hydrogen-bond donors (Lipinski definition) is 1. The maximum atomic E-state index is 6.22. The maximum absolute atomic E-state index is 6.22. The lowest BCUT2D eigenvalue weighted by Gasteiger charge is -2.21. The van der Waals surface area contributed by atoms with Crippen LogP contribution in [0.3, 0.4) is 0 Å². The van der Waals surface area contributed by atoms with Crippen LogP contribution in [0.15, 0.2) is 24.3 Å². The molecule has 19 heavy (non-hydrogen) atoms. The summed E-state index contributed by atoms with van der Waals surface area (Å²) in [6.45, 7) is 5.06. The normalized spacial score (nSPS) is 18.4. The Kier molecular flexibility index (Phi) is 3.15. The van der Waals surface area contributed by atoms with Gasteiger partial charge in [-0.3, -0.25) is 4.98 Å². The minimum absolute atomic E-state index is 0.217. The third kappa shape index (κ3) is 2.30. The fraction of sp³-hybridized carbons (Fsp3) is 0.438. The lowest BCUT2D eigenvalue weighted by molar-refractivity contribution is 0.545. The Morgan fingerprint density at radius 2 is 2.21 bits per heavy atom. The van der Waals surface area contributed by atoms with Gasteiger partial charge in [0, 0.05) is 23.1 Å². The Morgan fingerprint density at radius 3 is 3.00 bits per heavy atom. The number of fused-ring (bicyclic) bond motifs is 1. The number of pyridine rings is 1. The zero-order valence-electron chi connectivity index (χ0n) is 11.7. The van der Waals surface area contributed by atoms with Crippen LogP contribution in [0.2, 0.25) is 0 Å². The third-order valence-electron chi connectivity index (χ3n) is 4.04. The number of nitrogens with two attached hydrogens (primary N) is 1. The number of nitrogens with zero attached hydrogens (tertiary/aromatic N) is 2. The Labute approximate surface area is 114 Å². The molecule has 2 N–H and O–H groups in total. The van der Waals surface area contributed by atoms with Gasteiger partial charge < -0.3 is 10.3 Å². The van der Waals surface area contributed by atoms with Crippen LogP contribution in [-0.2, 0) is 13.0 Å². The molecule has 100 valence electrons. The molecule has 0 bridgehead atoms. The molecule has 0 aromatic carbocycles. The quantitative estimate of drug-likeness (QED) is 0.896. The molecular weight excluding hydrogens is 234 g/mol. The van der Waals surface area contributed by atoms with Crippen molar-refractivity contribution in [3.05, 3.63) is 52.6 Å². The number of aromatic nitrogens is 2. The molecule has 2 aromatic heterocycles. The van der Waals surface area contributed by atoms with Crippen molar-refractivity contribution in [1.82, 2.24) is 9.55 Å². The van der Waals surface area contributed by atoms with Gasteiger partial charge in [-0.25, -0.2) is 0 Å². The van der Waals surface area contributed by atoms with Crippen molar-refractivity contribution < 1.29 is 0 Å². The van der Waals surface area contributed by atoms with Gasteiger partial charge in [0.2, 0.25) is 0 Å². The molecule has 1 aliphatic rings. The van der Waals surface area contributed by atoms with E-state index in [2.05, 4.69) is 34.7 Å². The number of rotatable bonds is 2. The molecule has 0 radical (unpaired) electrons. The summed E-state index contributed by atoms with van der Waals surface area (Å²) in [5.74, 6) is 0. The van der Waals surface area contributed by atoms with Crippen LogP contribution in [0, 0.1) is 13.8 Å². The third-order valence-corrected chi connectivity index (χ3v) is 4.04. The molecule has 0 saturated carbocycles. The van der Waals surface area contributed by atoms with Crippen LogP contribution >= 0.6 is 0 Å².